The zero-order chi connectivity index (χ0) is 15.9. The van der Waals surface area contributed by atoms with Gasteiger partial charge in [-0.05, 0) is 43.3 Å². The molecule has 0 amide bonds. The van der Waals surface area contributed by atoms with Crippen LogP contribution in [0, 0.1) is 0 Å². The molecule has 2 aliphatic carbocycles. The Morgan fingerprint density at radius 3 is 2.78 bits per heavy atom. The molecule has 0 fully saturated rings. The Bertz CT molecular complexity index is 893. The molecule has 1 unspecified atom stereocenters. The zero-order valence-electron chi connectivity index (χ0n) is 13.3. The highest BCUT2D eigenvalue weighted by Gasteiger charge is 2.31. The van der Waals surface area contributed by atoms with Crippen molar-refractivity contribution in [2.45, 2.75) is 12.0 Å². The second-order valence-electron chi connectivity index (χ2n) is 5.89. The Morgan fingerprint density at radius 2 is 2.04 bits per heavy atom. The van der Waals surface area contributed by atoms with Gasteiger partial charge in [0.05, 0.1) is 5.54 Å². The second-order valence-corrected chi connectivity index (χ2v) is 5.89. The first-order valence-electron chi connectivity index (χ1n) is 7.80. The smallest absolute Gasteiger partial charge is 0.166 e. The number of nitrogens with zero attached hydrogens (tertiary/aromatic N) is 1. The van der Waals surface area contributed by atoms with Gasteiger partial charge in [0, 0.05) is 23.7 Å². The molecule has 1 atom stereocenters. The number of benzene rings is 1. The molecule has 0 aromatic heterocycles. The normalized spacial score (nSPS) is 20.9. The average Bonchev–Trinajstić information content (AvgIpc) is 3.07. The summed E-state index contributed by atoms with van der Waals surface area (Å²) in [5, 5.41) is 12.0. The lowest BCUT2D eigenvalue weighted by molar-refractivity contribution is 0.424. The first-order chi connectivity index (χ1) is 11.3. The molecular weight excluding hydrogens is 286 g/mol. The van der Waals surface area contributed by atoms with E-state index in [1.807, 2.05) is 32.3 Å². The number of allylic oxidation sites excluding steroid dienone is 1. The van der Waals surface area contributed by atoms with Crippen molar-refractivity contribution in [1.29, 1.82) is 0 Å². The molecule has 2 N–H and O–H groups in total. The number of aromatic nitrogens is 1. The minimum absolute atomic E-state index is 0.212. The van der Waals surface area contributed by atoms with Crippen LogP contribution in [-0.4, -0.2) is 19.3 Å². The third-order valence-corrected chi connectivity index (χ3v) is 4.73. The van der Waals surface area contributed by atoms with Gasteiger partial charge in [0.1, 0.15) is 5.52 Å². The Hall–Kier alpha value is -2.59. The average molecular weight is 305 g/mol. The van der Waals surface area contributed by atoms with Gasteiger partial charge in [-0.25, -0.2) is 0 Å². The molecule has 0 saturated carbocycles. The monoisotopic (exact) mass is 305 g/mol. The molecule has 1 aliphatic heterocycles. The van der Waals surface area contributed by atoms with Gasteiger partial charge in [-0.1, -0.05) is 35.5 Å². The third-order valence-electron chi connectivity index (χ3n) is 4.73. The fourth-order valence-corrected chi connectivity index (χ4v) is 3.28. The van der Waals surface area contributed by atoms with Crippen LogP contribution in [0.25, 0.3) is 22.2 Å². The summed E-state index contributed by atoms with van der Waals surface area (Å²) >= 11 is 0. The van der Waals surface area contributed by atoms with Crippen LogP contribution in [0.15, 0.2) is 64.8 Å². The molecule has 0 saturated heterocycles. The van der Waals surface area contributed by atoms with Crippen molar-refractivity contribution < 1.29 is 4.52 Å². The molecule has 3 aliphatic rings. The molecule has 4 heteroatoms. The topological polar surface area (TPSA) is 50.1 Å². The van der Waals surface area contributed by atoms with Crippen molar-refractivity contribution in [3.8, 4) is 11.3 Å². The van der Waals surface area contributed by atoms with Crippen LogP contribution in [-0.2, 0) is 5.54 Å². The number of nitrogens with one attached hydrogen (secondary N) is 2. The highest BCUT2D eigenvalue weighted by molar-refractivity contribution is 5.94. The first-order valence-corrected chi connectivity index (χ1v) is 7.80. The molecule has 0 spiro atoms. The summed E-state index contributed by atoms with van der Waals surface area (Å²) in [7, 11) is 3.93. The van der Waals surface area contributed by atoms with Crippen LogP contribution in [0.3, 0.4) is 0 Å². The van der Waals surface area contributed by atoms with E-state index < -0.39 is 0 Å². The maximum absolute atomic E-state index is 5.60. The highest BCUT2D eigenvalue weighted by Crippen LogP contribution is 2.39. The van der Waals surface area contributed by atoms with Crippen molar-refractivity contribution in [2.24, 2.45) is 0 Å². The van der Waals surface area contributed by atoms with E-state index in [1.165, 1.54) is 5.56 Å². The largest absolute Gasteiger partial charge is 0.388 e. The molecule has 4 nitrogen and oxygen atoms in total. The number of fused-ring (bicyclic) bond motifs is 3. The van der Waals surface area contributed by atoms with E-state index in [2.05, 4.69) is 52.2 Å². The fraction of sp³-hybridized carbons (Fsp3) is 0.211. The van der Waals surface area contributed by atoms with Crippen LogP contribution >= 0.6 is 0 Å². The van der Waals surface area contributed by atoms with E-state index in [0.717, 1.165) is 34.3 Å². The second kappa shape index (κ2) is 5.25. The van der Waals surface area contributed by atoms with Crippen molar-refractivity contribution in [2.75, 3.05) is 14.1 Å². The zero-order valence-corrected chi connectivity index (χ0v) is 13.3. The summed E-state index contributed by atoms with van der Waals surface area (Å²) in [6.45, 7) is 0. The van der Waals surface area contributed by atoms with E-state index in [1.54, 1.807) is 0 Å². The van der Waals surface area contributed by atoms with E-state index in [9.17, 15) is 0 Å². The summed E-state index contributed by atoms with van der Waals surface area (Å²) in [5.74, 6) is 0.824. The van der Waals surface area contributed by atoms with E-state index in [-0.39, 0.29) is 5.54 Å². The van der Waals surface area contributed by atoms with Gasteiger partial charge in [-0.3, -0.25) is 0 Å². The summed E-state index contributed by atoms with van der Waals surface area (Å²) < 4.78 is 5.60. The predicted molar refractivity (Wildman–Crippen MR) is 92.3 cm³/mol. The Labute approximate surface area is 135 Å². The molecule has 1 heterocycles. The standard InChI is InChI=1S/C19H19N3O/c1-20-14-7-9-19(21-2,10-8-14)13-11-16-15-5-3-4-6-17(15)22-23-18(16)12-13/h3-9,11-12,20-21H,10H2,1-2H3. The summed E-state index contributed by atoms with van der Waals surface area (Å²) in [4.78, 5) is 0. The van der Waals surface area contributed by atoms with Gasteiger partial charge < -0.3 is 15.2 Å². The first kappa shape index (κ1) is 14.0. The van der Waals surface area contributed by atoms with E-state index in [0.29, 0.717) is 0 Å². The number of hydrogen-bond donors (Lipinski definition) is 2. The minimum Gasteiger partial charge on any atom is -0.388 e. The van der Waals surface area contributed by atoms with E-state index in [4.69, 9.17) is 4.52 Å². The van der Waals surface area contributed by atoms with Gasteiger partial charge in [-0.15, -0.1) is 0 Å². The minimum atomic E-state index is -0.212. The summed E-state index contributed by atoms with van der Waals surface area (Å²) in [5.41, 5.74) is 4.11. The Morgan fingerprint density at radius 1 is 1.17 bits per heavy atom. The molecule has 4 rings (SSSR count). The molecule has 1 aromatic rings. The fourth-order valence-electron chi connectivity index (χ4n) is 3.28. The maximum Gasteiger partial charge on any atom is 0.166 e. The van der Waals surface area contributed by atoms with Crippen LogP contribution in [0.1, 0.15) is 12.0 Å². The quantitative estimate of drug-likeness (QED) is 0.778. The van der Waals surface area contributed by atoms with Crippen molar-refractivity contribution in [3.63, 3.8) is 0 Å². The van der Waals surface area contributed by atoms with Crippen LogP contribution in [0.2, 0.25) is 0 Å². The van der Waals surface area contributed by atoms with E-state index >= 15 is 0 Å². The van der Waals surface area contributed by atoms with Crippen molar-refractivity contribution >= 4 is 10.9 Å². The number of rotatable bonds is 3. The van der Waals surface area contributed by atoms with Gasteiger partial charge in [-0.2, -0.15) is 0 Å². The highest BCUT2D eigenvalue weighted by atomic mass is 16.5. The van der Waals surface area contributed by atoms with Crippen LogP contribution < -0.4 is 10.6 Å². The van der Waals surface area contributed by atoms with Crippen molar-refractivity contribution in [3.05, 3.63) is 65.9 Å². The summed E-state index contributed by atoms with van der Waals surface area (Å²) in [6.07, 6.45) is 7.42. The number of likely N-dealkylation sites (N-methyl/N-ethyl adjacent to an activating group) is 2. The molecule has 116 valence electrons. The molecule has 23 heavy (non-hydrogen) atoms. The molecular formula is C19H19N3O. The maximum atomic E-state index is 5.60. The SMILES string of the molecule is CNC1=CCC(NC)(c2cc3onc4ccccc4c-3c2)C=C1. The van der Waals surface area contributed by atoms with Crippen LogP contribution in [0.5, 0.6) is 0 Å². The Kier molecular flexibility index (Phi) is 3.20. The van der Waals surface area contributed by atoms with Gasteiger partial charge >= 0.3 is 0 Å². The summed E-state index contributed by atoms with van der Waals surface area (Å²) in [6, 6.07) is 12.4. The van der Waals surface area contributed by atoms with Gasteiger partial charge in [0.25, 0.3) is 0 Å². The van der Waals surface area contributed by atoms with Gasteiger partial charge in [0.15, 0.2) is 5.76 Å². The third kappa shape index (κ3) is 2.14. The van der Waals surface area contributed by atoms with Gasteiger partial charge in [0.2, 0.25) is 0 Å². The lowest BCUT2D eigenvalue weighted by Gasteiger charge is -2.31. The Balaban J connectivity index is 1.86. The molecule has 0 radical (unpaired) electrons. The lowest BCUT2D eigenvalue weighted by atomic mass is 9.84. The molecule has 0 bridgehead atoms. The van der Waals surface area contributed by atoms with Crippen LogP contribution in [0.4, 0.5) is 0 Å². The number of hydrogen-bond acceptors (Lipinski definition) is 4. The van der Waals surface area contributed by atoms with Crippen molar-refractivity contribution in [1.82, 2.24) is 15.8 Å². The lowest BCUT2D eigenvalue weighted by Crippen LogP contribution is -2.38. The predicted octanol–water partition coefficient (Wildman–Crippen LogP) is 3.41. The molecule has 1 aromatic carbocycles.